The Morgan fingerprint density at radius 2 is 2.42 bits per heavy atom. The number of carbonyl (C=O) groups excluding carboxylic acids is 1. The number of carbonyl (C=O) groups is 1. The molecular weight excluding hydrogens is 229 g/mol. The normalized spacial score (nSPS) is 18.5. The first kappa shape index (κ1) is 9.77. The van der Waals surface area contributed by atoms with Gasteiger partial charge in [0.05, 0.1) is 0 Å². The van der Waals surface area contributed by atoms with Crippen molar-refractivity contribution in [1.82, 2.24) is 5.32 Å². The molecule has 0 aromatic rings. The van der Waals surface area contributed by atoms with Gasteiger partial charge in [-0.15, -0.1) is 0 Å². The van der Waals surface area contributed by atoms with E-state index in [9.17, 15) is 9.18 Å². The molecule has 5 heteroatoms. The summed E-state index contributed by atoms with van der Waals surface area (Å²) in [6.45, 7) is -0.649. The van der Waals surface area contributed by atoms with Crippen molar-refractivity contribution in [2.24, 2.45) is 0 Å². The van der Waals surface area contributed by atoms with Gasteiger partial charge in [0.1, 0.15) is 12.8 Å². The first-order valence-corrected chi connectivity index (χ1v) is 4.97. The molecule has 1 N–H and O–H groups in total. The Kier molecular flexibility index (Phi) is 3.78. The summed E-state index contributed by atoms with van der Waals surface area (Å²) in [4.78, 5) is 10.9. The topological polar surface area (TPSA) is 38.3 Å². The van der Waals surface area contributed by atoms with E-state index in [-0.39, 0.29) is 6.04 Å². The maximum absolute atomic E-state index is 12.0. The number of hydrogen-bond donors (Lipinski definition) is 1. The van der Waals surface area contributed by atoms with Crippen LogP contribution in [0.1, 0.15) is 12.8 Å². The molecule has 0 aliphatic heterocycles. The Balaban J connectivity index is 2.13. The van der Waals surface area contributed by atoms with Crippen LogP contribution < -0.4 is 5.32 Å². The Bertz CT molecular complexity index is 159. The average molecular weight is 240 g/mol. The van der Waals surface area contributed by atoms with Crippen LogP contribution in [0.15, 0.2) is 0 Å². The molecule has 0 heterocycles. The van der Waals surface area contributed by atoms with Crippen LogP contribution >= 0.6 is 15.9 Å². The summed E-state index contributed by atoms with van der Waals surface area (Å²) in [5.41, 5.74) is 0. The molecule has 0 saturated heterocycles. The van der Waals surface area contributed by atoms with E-state index in [1.807, 2.05) is 0 Å². The Morgan fingerprint density at radius 3 is 2.83 bits per heavy atom. The highest BCUT2D eigenvalue weighted by atomic mass is 79.9. The fraction of sp³-hybridized carbons (Fsp3) is 0.857. The van der Waals surface area contributed by atoms with Crippen LogP contribution in [-0.2, 0) is 4.74 Å². The van der Waals surface area contributed by atoms with Gasteiger partial charge < -0.3 is 10.1 Å². The lowest BCUT2D eigenvalue weighted by Crippen LogP contribution is -2.32. The van der Waals surface area contributed by atoms with Gasteiger partial charge in [0.15, 0.2) is 0 Å². The Labute approximate surface area is 78.8 Å². The second kappa shape index (κ2) is 4.64. The molecule has 1 saturated carbocycles. The largest absolute Gasteiger partial charge is 0.443 e. The summed E-state index contributed by atoms with van der Waals surface area (Å²) in [5.74, 6) is 0. The smallest absolute Gasteiger partial charge is 0.407 e. The highest BCUT2D eigenvalue weighted by molar-refractivity contribution is 9.09. The summed E-state index contributed by atoms with van der Waals surface area (Å²) in [6, 6.07) is 0.257. The maximum Gasteiger partial charge on any atom is 0.407 e. The minimum absolute atomic E-state index is 0.257. The van der Waals surface area contributed by atoms with Crippen molar-refractivity contribution in [3.8, 4) is 0 Å². The number of hydrogen-bond acceptors (Lipinski definition) is 2. The van der Waals surface area contributed by atoms with Crippen LogP contribution in [0.5, 0.6) is 0 Å². The highest BCUT2D eigenvalue weighted by Crippen LogP contribution is 2.18. The van der Waals surface area contributed by atoms with E-state index in [4.69, 9.17) is 4.74 Å². The van der Waals surface area contributed by atoms with Gasteiger partial charge in [-0.05, 0) is 12.8 Å². The number of amides is 1. The quantitative estimate of drug-likeness (QED) is 0.758. The predicted molar refractivity (Wildman–Crippen MR) is 46.2 cm³/mol. The summed E-state index contributed by atoms with van der Waals surface area (Å²) < 4.78 is 16.8. The molecule has 0 spiro atoms. The van der Waals surface area contributed by atoms with Crippen molar-refractivity contribution in [2.75, 3.05) is 12.0 Å². The minimum Gasteiger partial charge on any atom is -0.443 e. The molecule has 1 rings (SSSR count). The number of nitrogens with one attached hydrogen (secondary N) is 1. The Morgan fingerprint density at radius 1 is 1.75 bits per heavy atom. The molecule has 1 amide bonds. The molecule has 1 atom stereocenters. The number of ether oxygens (including phenoxy) is 1. The fourth-order valence-corrected chi connectivity index (χ4v) is 0.989. The van der Waals surface area contributed by atoms with Gasteiger partial charge in [0.25, 0.3) is 0 Å². The average Bonchev–Trinajstić information content (AvgIpc) is 2.84. The lowest BCUT2D eigenvalue weighted by molar-refractivity contribution is 0.0942. The van der Waals surface area contributed by atoms with E-state index >= 15 is 0 Å². The second-order valence-electron chi connectivity index (χ2n) is 2.75. The van der Waals surface area contributed by atoms with E-state index in [0.717, 1.165) is 12.8 Å². The molecule has 0 aromatic carbocycles. The number of rotatable bonds is 4. The first-order valence-electron chi connectivity index (χ1n) is 3.85. The van der Waals surface area contributed by atoms with Crippen LogP contribution in [0.2, 0.25) is 0 Å². The molecule has 1 aliphatic carbocycles. The maximum atomic E-state index is 12.0. The third kappa shape index (κ3) is 3.38. The van der Waals surface area contributed by atoms with E-state index in [0.29, 0.717) is 5.33 Å². The van der Waals surface area contributed by atoms with Crippen LogP contribution in [0.3, 0.4) is 0 Å². The number of halogens is 2. The third-order valence-corrected chi connectivity index (χ3v) is 2.24. The third-order valence-electron chi connectivity index (χ3n) is 1.52. The van der Waals surface area contributed by atoms with Gasteiger partial charge in [0, 0.05) is 11.4 Å². The molecule has 1 fully saturated rings. The lowest BCUT2D eigenvalue weighted by Gasteiger charge is -2.11. The molecular formula is C7H11BrFNO2. The van der Waals surface area contributed by atoms with Gasteiger partial charge >= 0.3 is 6.09 Å². The van der Waals surface area contributed by atoms with E-state index in [2.05, 4.69) is 21.2 Å². The Hall–Kier alpha value is -0.320. The van der Waals surface area contributed by atoms with Gasteiger partial charge in [-0.2, -0.15) is 0 Å². The highest BCUT2D eigenvalue weighted by Gasteiger charge is 2.25. The second-order valence-corrected chi connectivity index (χ2v) is 3.40. The molecule has 1 aliphatic rings. The van der Waals surface area contributed by atoms with Crippen molar-refractivity contribution in [1.29, 1.82) is 0 Å². The molecule has 70 valence electrons. The summed E-state index contributed by atoms with van der Waals surface area (Å²) in [6.07, 6.45) is 0.830. The van der Waals surface area contributed by atoms with Crippen LogP contribution in [0, 0.1) is 0 Å². The zero-order valence-corrected chi connectivity index (χ0v) is 8.14. The monoisotopic (exact) mass is 239 g/mol. The number of alkyl carbamates (subject to hydrolysis) is 1. The fourth-order valence-electron chi connectivity index (χ4n) is 0.684. The molecule has 0 bridgehead atoms. The van der Waals surface area contributed by atoms with Gasteiger partial charge in [-0.25, -0.2) is 9.18 Å². The van der Waals surface area contributed by atoms with E-state index < -0.39 is 18.9 Å². The van der Waals surface area contributed by atoms with Crippen molar-refractivity contribution in [2.45, 2.75) is 25.0 Å². The predicted octanol–water partition coefficient (Wildman–Crippen LogP) is 1.61. The summed E-state index contributed by atoms with van der Waals surface area (Å²) in [7, 11) is 0. The van der Waals surface area contributed by atoms with E-state index in [1.165, 1.54) is 0 Å². The van der Waals surface area contributed by atoms with Gasteiger partial charge in [-0.1, -0.05) is 15.9 Å². The van der Waals surface area contributed by atoms with Crippen molar-refractivity contribution in [3.63, 3.8) is 0 Å². The molecule has 12 heavy (non-hydrogen) atoms. The molecule has 0 radical (unpaired) electrons. The van der Waals surface area contributed by atoms with Crippen LogP contribution in [0.4, 0.5) is 9.18 Å². The van der Waals surface area contributed by atoms with Crippen molar-refractivity contribution < 1.29 is 13.9 Å². The molecule has 3 nitrogen and oxygen atoms in total. The van der Waals surface area contributed by atoms with Crippen molar-refractivity contribution in [3.05, 3.63) is 0 Å². The molecule has 0 aromatic heterocycles. The van der Waals surface area contributed by atoms with E-state index in [1.54, 1.807) is 0 Å². The molecule has 1 unspecified atom stereocenters. The number of alkyl halides is 2. The van der Waals surface area contributed by atoms with Crippen LogP contribution in [-0.4, -0.2) is 30.2 Å². The summed E-state index contributed by atoms with van der Waals surface area (Å²) >= 11 is 3.04. The van der Waals surface area contributed by atoms with Gasteiger partial charge in [0.2, 0.25) is 0 Å². The SMILES string of the molecule is O=C(NC1CC1)OC(CF)CBr. The first-order chi connectivity index (χ1) is 5.76. The zero-order chi connectivity index (χ0) is 8.97. The lowest BCUT2D eigenvalue weighted by atomic mass is 10.5. The summed E-state index contributed by atoms with van der Waals surface area (Å²) in [5, 5.41) is 2.94. The van der Waals surface area contributed by atoms with Gasteiger partial charge in [-0.3, -0.25) is 0 Å². The van der Waals surface area contributed by atoms with Crippen molar-refractivity contribution >= 4 is 22.0 Å². The van der Waals surface area contributed by atoms with Crippen LogP contribution in [0.25, 0.3) is 0 Å². The zero-order valence-electron chi connectivity index (χ0n) is 6.56. The minimum atomic E-state index is -0.663. The standard InChI is InChI=1S/C7H11BrFNO2/c8-3-6(4-9)12-7(11)10-5-1-2-5/h5-6H,1-4H2,(H,10,11).